The number of hydrogen-bond acceptors (Lipinski definition) is 6. The van der Waals surface area contributed by atoms with Crippen molar-refractivity contribution < 1.29 is 37.4 Å². The van der Waals surface area contributed by atoms with Crippen molar-refractivity contribution in [3.8, 4) is 0 Å². The van der Waals surface area contributed by atoms with Crippen LogP contribution in [0.4, 0.5) is 8.78 Å². The fourth-order valence-corrected chi connectivity index (χ4v) is 3.37. The molecule has 2 aromatic carbocycles. The molecular formula is C24H24F2N2O6. The Hall–Kier alpha value is -3.82. The molecular weight excluding hydrogens is 450 g/mol. The van der Waals surface area contributed by atoms with Crippen molar-refractivity contribution in [1.29, 1.82) is 0 Å². The van der Waals surface area contributed by atoms with Crippen LogP contribution in [0.3, 0.4) is 0 Å². The first-order valence-corrected chi connectivity index (χ1v) is 10.7. The van der Waals surface area contributed by atoms with Gasteiger partial charge in [0, 0.05) is 26.2 Å². The molecule has 1 heterocycles. The number of carbonyl (C=O) groups is 4. The average Bonchev–Trinajstić information content (AvgIpc) is 2.84. The molecule has 34 heavy (non-hydrogen) atoms. The number of ether oxygens (including phenoxy) is 2. The molecule has 1 aliphatic heterocycles. The van der Waals surface area contributed by atoms with E-state index < -0.39 is 48.6 Å². The maximum Gasteiger partial charge on any atom is 0.310 e. The number of nitrogens with zero attached hydrogens (tertiary/aromatic N) is 2. The van der Waals surface area contributed by atoms with Crippen molar-refractivity contribution in [1.82, 2.24) is 9.80 Å². The van der Waals surface area contributed by atoms with E-state index in [0.717, 1.165) is 0 Å². The normalized spacial score (nSPS) is 13.4. The van der Waals surface area contributed by atoms with Crippen LogP contribution in [0.15, 0.2) is 48.5 Å². The van der Waals surface area contributed by atoms with Gasteiger partial charge in [-0.1, -0.05) is 36.4 Å². The highest BCUT2D eigenvalue weighted by molar-refractivity contribution is 5.83. The zero-order chi connectivity index (χ0) is 24.5. The summed E-state index contributed by atoms with van der Waals surface area (Å²) in [5.74, 6) is -3.33. The van der Waals surface area contributed by atoms with Gasteiger partial charge < -0.3 is 19.3 Å². The second kappa shape index (κ2) is 11.9. The van der Waals surface area contributed by atoms with Crippen LogP contribution in [-0.2, 0) is 41.5 Å². The highest BCUT2D eigenvalue weighted by atomic mass is 19.1. The Morgan fingerprint density at radius 1 is 0.647 bits per heavy atom. The Kier molecular flexibility index (Phi) is 8.66. The first kappa shape index (κ1) is 24.8. The van der Waals surface area contributed by atoms with Gasteiger partial charge >= 0.3 is 11.9 Å². The Morgan fingerprint density at radius 2 is 1.00 bits per heavy atom. The maximum absolute atomic E-state index is 13.6. The van der Waals surface area contributed by atoms with Gasteiger partial charge in [-0.15, -0.1) is 0 Å². The molecule has 0 spiro atoms. The van der Waals surface area contributed by atoms with Crippen LogP contribution in [0.2, 0.25) is 0 Å². The second-order valence-electron chi connectivity index (χ2n) is 7.62. The van der Waals surface area contributed by atoms with E-state index >= 15 is 0 Å². The minimum absolute atomic E-state index is 0.182. The van der Waals surface area contributed by atoms with Crippen LogP contribution in [0, 0.1) is 11.6 Å². The number of benzene rings is 2. The van der Waals surface area contributed by atoms with Crippen molar-refractivity contribution in [3.63, 3.8) is 0 Å². The lowest BCUT2D eigenvalue weighted by Gasteiger charge is -2.34. The van der Waals surface area contributed by atoms with Gasteiger partial charge in [0.15, 0.2) is 13.2 Å². The predicted octanol–water partition coefficient (Wildman–Crippen LogP) is 1.51. The number of carbonyl (C=O) groups excluding carboxylic acids is 4. The van der Waals surface area contributed by atoms with Crippen LogP contribution in [-0.4, -0.2) is 72.9 Å². The standard InChI is InChI=1S/C24H24F2N2O6/c25-19-7-3-1-5-17(19)13-23(31)33-15-21(29)27-9-11-28(12-10-27)22(30)16-34-24(32)14-18-6-2-4-8-20(18)26/h1-8H,9-16H2. The van der Waals surface area contributed by atoms with E-state index in [1.165, 1.54) is 46.2 Å². The molecule has 3 rings (SSSR count). The summed E-state index contributed by atoms with van der Waals surface area (Å²) in [4.78, 5) is 51.2. The average molecular weight is 474 g/mol. The third-order valence-electron chi connectivity index (χ3n) is 5.28. The second-order valence-corrected chi connectivity index (χ2v) is 7.62. The summed E-state index contributed by atoms with van der Waals surface area (Å²) in [5, 5.41) is 0. The molecule has 0 bridgehead atoms. The molecule has 0 aromatic heterocycles. The minimum atomic E-state index is -0.718. The number of esters is 2. The first-order valence-electron chi connectivity index (χ1n) is 10.7. The number of piperazine rings is 1. The summed E-state index contributed by atoms with van der Waals surface area (Å²) in [5.41, 5.74) is 0.364. The van der Waals surface area contributed by atoms with Gasteiger partial charge in [-0.05, 0) is 23.3 Å². The SMILES string of the molecule is O=C(Cc1ccccc1F)OCC(=O)N1CCN(C(=O)COC(=O)Cc2ccccc2F)CC1. The van der Waals surface area contributed by atoms with Crippen LogP contribution < -0.4 is 0 Å². The van der Waals surface area contributed by atoms with E-state index in [1.54, 1.807) is 12.1 Å². The minimum Gasteiger partial charge on any atom is -0.455 e. The summed E-state index contributed by atoms with van der Waals surface area (Å²) >= 11 is 0. The molecule has 1 fully saturated rings. The molecule has 8 nitrogen and oxygen atoms in total. The zero-order valence-electron chi connectivity index (χ0n) is 18.4. The third kappa shape index (κ3) is 7.09. The Labute approximate surface area is 195 Å². The molecule has 0 unspecified atom stereocenters. The molecule has 0 aliphatic carbocycles. The van der Waals surface area contributed by atoms with Gasteiger partial charge in [-0.2, -0.15) is 0 Å². The summed E-state index contributed by atoms with van der Waals surface area (Å²) in [7, 11) is 0. The van der Waals surface area contributed by atoms with Gasteiger partial charge in [0.2, 0.25) is 0 Å². The Bertz CT molecular complexity index is 970. The fourth-order valence-electron chi connectivity index (χ4n) is 3.37. The molecule has 0 saturated carbocycles. The molecule has 0 radical (unpaired) electrons. The Morgan fingerprint density at radius 3 is 1.35 bits per heavy atom. The molecule has 1 aliphatic rings. The molecule has 2 aromatic rings. The van der Waals surface area contributed by atoms with Gasteiger partial charge in [-0.3, -0.25) is 19.2 Å². The smallest absolute Gasteiger partial charge is 0.310 e. The van der Waals surface area contributed by atoms with Crippen molar-refractivity contribution in [2.75, 3.05) is 39.4 Å². The number of amides is 2. The van der Waals surface area contributed by atoms with Crippen LogP contribution >= 0.6 is 0 Å². The van der Waals surface area contributed by atoms with E-state index in [2.05, 4.69) is 0 Å². The van der Waals surface area contributed by atoms with Crippen LogP contribution in [0.1, 0.15) is 11.1 Å². The van der Waals surface area contributed by atoms with Gasteiger partial charge in [0.25, 0.3) is 11.8 Å². The number of halogens is 2. The van der Waals surface area contributed by atoms with E-state index in [0.29, 0.717) is 0 Å². The maximum atomic E-state index is 13.6. The lowest BCUT2D eigenvalue weighted by atomic mass is 10.1. The van der Waals surface area contributed by atoms with E-state index in [1.807, 2.05) is 0 Å². The lowest BCUT2D eigenvalue weighted by Crippen LogP contribution is -2.52. The largest absolute Gasteiger partial charge is 0.455 e. The lowest BCUT2D eigenvalue weighted by molar-refractivity contribution is -0.155. The Balaban J connectivity index is 1.35. The molecule has 180 valence electrons. The molecule has 1 saturated heterocycles. The molecule has 0 N–H and O–H groups in total. The van der Waals surface area contributed by atoms with E-state index in [9.17, 15) is 28.0 Å². The van der Waals surface area contributed by atoms with Crippen molar-refractivity contribution in [2.24, 2.45) is 0 Å². The van der Waals surface area contributed by atoms with Gasteiger partial charge in [0.1, 0.15) is 11.6 Å². The monoisotopic (exact) mass is 474 g/mol. The van der Waals surface area contributed by atoms with Crippen molar-refractivity contribution >= 4 is 23.8 Å². The molecule has 10 heteroatoms. The third-order valence-corrected chi connectivity index (χ3v) is 5.28. The van der Waals surface area contributed by atoms with Crippen LogP contribution in [0.5, 0.6) is 0 Å². The predicted molar refractivity (Wildman–Crippen MR) is 115 cm³/mol. The zero-order valence-corrected chi connectivity index (χ0v) is 18.4. The van der Waals surface area contributed by atoms with Gasteiger partial charge in [-0.25, -0.2) is 8.78 Å². The summed E-state index contributed by atoms with van der Waals surface area (Å²) in [6.45, 7) is -0.0712. The summed E-state index contributed by atoms with van der Waals surface area (Å²) in [6, 6.07) is 11.6. The highest BCUT2D eigenvalue weighted by Gasteiger charge is 2.25. The topological polar surface area (TPSA) is 93.2 Å². The molecule has 2 amide bonds. The van der Waals surface area contributed by atoms with Crippen molar-refractivity contribution in [3.05, 3.63) is 71.3 Å². The summed E-state index contributed by atoms with van der Waals surface area (Å²) in [6.07, 6.45) is -0.560. The first-order chi connectivity index (χ1) is 16.3. The molecule has 0 atom stereocenters. The van der Waals surface area contributed by atoms with Gasteiger partial charge in [0.05, 0.1) is 12.8 Å². The highest BCUT2D eigenvalue weighted by Crippen LogP contribution is 2.10. The number of hydrogen-bond donors (Lipinski definition) is 0. The van der Waals surface area contributed by atoms with Crippen LogP contribution in [0.25, 0.3) is 0 Å². The number of rotatable bonds is 8. The fraction of sp³-hybridized carbons (Fsp3) is 0.333. The van der Waals surface area contributed by atoms with E-state index in [-0.39, 0.29) is 50.1 Å². The van der Waals surface area contributed by atoms with Crippen molar-refractivity contribution in [2.45, 2.75) is 12.8 Å². The quantitative estimate of drug-likeness (QED) is 0.539. The van der Waals surface area contributed by atoms with E-state index in [4.69, 9.17) is 9.47 Å². The summed E-state index contributed by atoms with van der Waals surface area (Å²) < 4.78 is 37.1.